The number of anilines is 2. The molecule has 1 aliphatic heterocycles. The highest BCUT2D eigenvalue weighted by Crippen LogP contribution is 2.29. The highest BCUT2D eigenvalue weighted by atomic mass is 127. The molecule has 4 rings (SSSR count). The molecule has 1 fully saturated rings. The first kappa shape index (κ1) is 17.2. The molecule has 2 N–H and O–H groups in total. The van der Waals surface area contributed by atoms with Crippen LogP contribution in [0.4, 0.5) is 15.8 Å². The molecule has 0 atom stereocenters. The summed E-state index contributed by atoms with van der Waals surface area (Å²) in [4.78, 5) is 14.4. The van der Waals surface area contributed by atoms with Crippen LogP contribution in [0.15, 0.2) is 30.3 Å². The number of likely N-dealkylation sites (tertiary alicyclic amines) is 1. The Hall–Kier alpha value is -2.27. The van der Waals surface area contributed by atoms with Gasteiger partial charge < -0.3 is 15.3 Å². The molecule has 0 aliphatic carbocycles. The number of aromatic nitrogens is 3. The van der Waals surface area contributed by atoms with Gasteiger partial charge in [-0.3, -0.25) is 4.79 Å². The van der Waals surface area contributed by atoms with Crippen molar-refractivity contribution in [3.63, 3.8) is 0 Å². The summed E-state index contributed by atoms with van der Waals surface area (Å²) in [6, 6.07) is 8.19. The maximum absolute atomic E-state index is 14.2. The van der Waals surface area contributed by atoms with Crippen LogP contribution in [0, 0.1) is 9.39 Å². The molecule has 1 aliphatic rings. The van der Waals surface area contributed by atoms with Gasteiger partial charge in [-0.15, -0.1) is 5.10 Å². The number of aryl methyl sites for hydroxylation is 1. The molecule has 0 bridgehead atoms. The number of aliphatic hydroxyl groups excluding tert-OH is 1. The fourth-order valence-corrected chi connectivity index (χ4v) is 3.34. The van der Waals surface area contributed by atoms with Crippen molar-refractivity contribution in [3.8, 4) is 0 Å². The van der Waals surface area contributed by atoms with E-state index in [4.69, 9.17) is 0 Å². The molecule has 7 nitrogen and oxygen atoms in total. The number of amides is 1. The van der Waals surface area contributed by atoms with Gasteiger partial charge in [-0.05, 0) is 52.9 Å². The second kappa shape index (κ2) is 6.47. The van der Waals surface area contributed by atoms with Crippen LogP contribution in [0.1, 0.15) is 10.4 Å². The van der Waals surface area contributed by atoms with Crippen molar-refractivity contribution >= 4 is 50.9 Å². The fourth-order valence-electron chi connectivity index (χ4n) is 2.89. The summed E-state index contributed by atoms with van der Waals surface area (Å²) in [6.07, 6.45) is -0.494. The minimum absolute atomic E-state index is 0.230. The number of rotatable bonds is 3. The quantitative estimate of drug-likeness (QED) is 0.578. The van der Waals surface area contributed by atoms with Crippen molar-refractivity contribution < 1.29 is 14.3 Å². The van der Waals surface area contributed by atoms with Gasteiger partial charge in [-0.1, -0.05) is 5.21 Å². The lowest BCUT2D eigenvalue weighted by Crippen LogP contribution is -2.53. The zero-order valence-corrected chi connectivity index (χ0v) is 15.9. The first-order valence-corrected chi connectivity index (χ1v) is 9.03. The van der Waals surface area contributed by atoms with Crippen LogP contribution in [-0.4, -0.2) is 50.1 Å². The molecule has 0 saturated carbocycles. The zero-order valence-electron chi connectivity index (χ0n) is 13.8. The van der Waals surface area contributed by atoms with Crippen molar-refractivity contribution in [2.45, 2.75) is 6.10 Å². The maximum atomic E-state index is 14.2. The van der Waals surface area contributed by atoms with E-state index < -0.39 is 11.9 Å². The van der Waals surface area contributed by atoms with Crippen molar-refractivity contribution in [2.75, 3.05) is 18.4 Å². The van der Waals surface area contributed by atoms with E-state index in [9.17, 15) is 14.3 Å². The molecule has 0 spiro atoms. The Labute approximate surface area is 161 Å². The average molecular weight is 467 g/mol. The van der Waals surface area contributed by atoms with Gasteiger partial charge in [-0.25, -0.2) is 9.07 Å². The summed E-state index contributed by atoms with van der Waals surface area (Å²) < 4.78 is 16.6. The van der Waals surface area contributed by atoms with E-state index in [1.807, 2.05) is 22.6 Å². The number of halogens is 2. The van der Waals surface area contributed by atoms with Gasteiger partial charge >= 0.3 is 0 Å². The number of β-amino-alcohol motifs (C(OH)–C–C–N with tert-alkyl or cyclic N) is 1. The van der Waals surface area contributed by atoms with Gasteiger partial charge in [0.2, 0.25) is 0 Å². The SMILES string of the molecule is Cn1nnc2cc(Nc3ccc(I)cc3F)c(C(=O)N3CC(O)C3)cc21. The molecule has 0 radical (unpaired) electrons. The Bertz CT molecular complexity index is 1020. The van der Waals surface area contributed by atoms with E-state index in [1.165, 1.54) is 6.07 Å². The molecular weight excluding hydrogens is 452 g/mol. The molecule has 1 amide bonds. The third-order valence-corrected chi connectivity index (χ3v) is 5.00. The molecule has 9 heteroatoms. The van der Waals surface area contributed by atoms with Crippen LogP contribution in [0.3, 0.4) is 0 Å². The van der Waals surface area contributed by atoms with Crippen LogP contribution < -0.4 is 5.32 Å². The summed E-state index contributed by atoms with van der Waals surface area (Å²) in [5.41, 5.74) is 2.40. The minimum Gasteiger partial charge on any atom is -0.389 e. The normalized spacial score (nSPS) is 14.5. The summed E-state index contributed by atoms with van der Waals surface area (Å²) in [5, 5.41) is 20.5. The standard InChI is InChI=1S/C17H15FIN5O2/c1-23-16-5-11(17(26)24-7-10(25)8-24)14(6-15(16)21-22-23)20-13-3-2-9(19)4-12(13)18/h2-6,10,20,25H,7-8H2,1H3. The van der Waals surface area contributed by atoms with Crippen LogP contribution in [0.2, 0.25) is 0 Å². The molecule has 2 heterocycles. The predicted octanol–water partition coefficient (Wildman–Crippen LogP) is 2.27. The molecule has 26 heavy (non-hydrogen) atoms. The Morgan fingerprint density at radius 1 is 1.31 bits per heavy atom. The molecule has 3 aromatic rings. The van der Waals surface area contributed by atoms with Gasteiger partial charge in [0.25, 0.3) is 5.91 Å². The molecule has 134 valence electrons. The summed E-state index contributed by atoms with van der Waals surface area (Å²) >= 11 is 2.03. The maximum Gasteiger partial charge on any atom is 0.256 e. The second-order valence-electron chi connectivity index (χ2n) is 6.21. The summed E-state index contributed by atoms with van der Waals surface area (Å²) in [7, 11) is 1.74. The molecule has 0 unspecified atom stereocenters. The van der Waals surface area contributed by atoms with Crippen LogP contribution in [0.25, 0.3) is 11.0 Å². The van der Waals surface area contributed by atoms with Gasteiger partial charge in [0.1, 0.15) is 11.3 Å². The average Bonchev–Trinajstić information content (AvgIpc) is 2.93. The molecule has 2 aromatic carbocycles. The first-order chi connectivity index (χ1) is 12.4. The number of aliphatic hydroxyl groups is 1. The van der Waals surface area contributed by atoms with Gasteiger partial charge in [0, 0.05) is 23.7 Å². The van der Waals surface area contributed by atoms with E-state index in [2.05, 4.69) is 15.6 Å². The van der Waals surface area contributed by atoms with Gasteiger partial charge in [-0.2, -0.15) is 0 Å². The topological polar surface area (TPSA) is 83.3 Å². The Morgan fingerprint density at radius 3 is 2.77 bits per heavy atom. The minimum atomic E-state index is -0.494. The predicted molar refractivity (Wildman–Crippen MR) is 103 cm³/mol. The Kier molecular flexibility index (Phi) is 4.27. The third-order valence-electron chi connectivity index (χ3n) is 4.33. The Balaban J connectivity index is 1.78. The lowest BCUT2D eigenvalue weighted by molar-refractivity contribution is 0.00597. The molecule has 1 aromatic heterocycles. The van der Waals surface area contributed by atoms with Gasteiger partial charge in [0.05, 0.1) is 28.6 Å². The van der Waals surface area contributed by atoms with Crippen LogP contribution >= 0.6 is 22.6 Å². The largest absolute Gasteiger partial charge is 0.389 e. The molecule has 1 saturated heterocycles. The van der Waals surface area contributed by atoms with Crippen molar-refractivity contribution in [2.24, 2.45) is 7.05 Å². The number of nitrogens with one attached hydrogen (secondary N) is 1. The van der Waals surface area contributed by atoms with E-state index in [1.54, 1.807) is 40.9 Å². The number of hydrogen-bond donors (Lipinski definition) is 2. The summed E-state index contributed by atoms with van der Waals surface area (Å²) in [5.74, 6) is -0.638. The van der Waals surface area contributed by atoms with Crippen molar-refractivity contribution in [1.29, 1.82) is 0 Å². The van der Waals surface area contributed by atoms with Crippen LogP contribution in [0.5, 0.6) is 0 Å². The van der Waals surface area contributed by atoms with E-state index in [0.29, 0.717) is 22.3 Å². The number of fused-ring (bicyclic) bond motifs is 1. The smallest absolute Gasteiger partial charge is 0.256 e. The monoisotopic (exact) mass is 467 g/mol. The number of carbonyl (C=O) groups is 1. The highest BCUT2D eigenvalue weighted by Gasteiger charge is 2.31. The number of benzene rings is 2. The third kappa shape index (κ3) is 3.01. The second-order valence-corrected chi connectivity index (χ2v) is 7.46. The fraction of sp³-hybridized carbons (Fsp3) is 0.235. The van der Waals surface area contributed by atoms with E-state index in [0.717, 1.165) is 3.57 Å². The Morgan fingerprint density at radius 2 is 2.08 bits per heavy atom. The van der Waals surface area contributed by atoms with E-state index >= 15 is 0 Å². The molecular formula is C17H15FIN5O2. The highest BCUT2D eigenvalue weighted by molar-refractivity contribution is 14.1. The van der Waals surface area contributed by atoms with Gasteiger partial charge in [0.15, 0.2) is 0 Å². The zero-order chi connectivity index (χ0) is 18.4. The first-order valence-electron chi connectivity index (χ1n) is 7.95. The lowest BCUT2D eigenvalue weighted by Gasteiger charge is -2.36. The van der Waals surface area contributed by atoms with E-state index in [-0.39, 0.29) is 24.7 Å². The number of nitrogens with zero attached hydrogens (tertiary/aromatic N) is 4. The van der Waals surface area contributed by atoms with Crippen LogP contribution in [-0.2, 0) is 7.05 Å². The number of carbonyl (C=O) groups excluding carboxylic acids is 1. The number of hydrogen-bond acceptors (Lipinski definition) is 5. The summed E-state index contributed by atoms with van der Waals surface area (Å²) in [6.45, 7) is 0.579. The lowest BCUT2D eigenvalue weighted by atomic mass is 10.1. The van der Waals surface area contributed by atoms with Crippen molar-refractivity contribution in [1.82, 2.24) is 19.9 Å². The van der Waals surface area contributed by atoms with Crippen molar-refractivity contribution in [3.05, 3.63) is 45.3 Å².